The first-order valence-corrected chi connectivity index (χ1v) is 9.94. The molecule has 4 rings (SSSR count). The predicted octanol–water partition coefficient (Wildman–Crippen LogP) is 2.32. The first-order chi connectivity index (χ1) is 12.9. The smallest absolute Gasteiger partial charge is 0.325 e. The first kappa shape index (κ1) is 18.0. The maximum atomic E-state index is 13.1. The number of benzene rings is 1. The fourth-order valence-corrected chi connectivity index (χ4v) is 4.91. The zero-order chi connectivity index (χ0) is 19.2. The van der Waals surface area contributed by atoms with Crippen LogP contribution in [0.5, 0.6) is 0 Å². The lowest BCUT2D eigenvalue weighted by atomic mass is 9.78. The van der Waals surface area contributed by atoms with E-state index in [2.05, 4.69) is 24.5 Å². The summed E-state index contributed by atoms with van der Waals surface area (Å²) in [5, 5.41) is 5.92. The number of imide groups is 1. The predicted molar refractivity (Wildman–Crippen MR) is 101 cm³/mol. The van der Waals surface area contributed by atoms with Gasteiger partial charge in [0.2, 0.25) is 5.91 Å². The molecule has 0 unspecified atom stereocenters. The van der Waals surface area contributed by atoms with Gasteiger partial charge in [0.1, 0.15) is 12.1 Å². The minimum atomic E-state index is -0.999. The summed E-state index contributed by atoms with van der Waals surface area (Å²) in [5.74, 6) is 0.406. The second-order valence-corrected chi connectivity index (χ2v) is 8.33. The first-order valence-electron chi connectivity index (χ1n) is 9.94. The second kappa shape index (κ2) is 6.66. The van der Waals surface area contributed by atoms with E-state index in [1.165, 1.54) is 6.42 Å². The number of hydrogen-bond donors (Lipinski definition) is 2. The number of hydrogen-bond acceptors (Lipinski definition) is 3. The average Bonchev–Trinajstić information content (AvgIpc) is 3.13. The van der Waals surface area contributed by atoms with E-state index in [1.807, 2.05) is 24.3 Å². The molecule has 1 aromatic carbocycles. The largest absolute Gasteiger partial charge is 0.352 e. The lowest BCUT2D eigenvalue weighted by molar-refractivity contribution is -0.135. The summed E-state index contributed by atoms with van der Waals surface area (Å²) in [4.78, 5) is 39.3. The van der Waals surface area contributed by atoms with Crippen molar-refractivity contribution in [2.24, 2.45) is 11.8 Å². The third-order valence-electron chi connectivity index (χ3n) is 6.78. The number of carbonyl (C=O) groups excluding carboxylic acids is 3. The summed E-state index contributed by atoms with van der Waals surface area (Å²) in [6.45, 7) is 4.15. The van der Waals surface area contributed by atoms with Gasteiger partial charge in [-0.1, -0.05) is 51.0 Å². The van der Waals surface area contributed by atoms with Crippen LogP contribution >= 0.6 is 0 Å². The standard InChI is InChI=1S/C21H27N3O3/c1-13-6-5-9-17(14(13)2)22-18(25)12-24-19(26)21(23-20(24)27)11-10-15-7-3-4-8-16(15)21/h3-4,7-8,13-14,17H,5-6,9-12H2,1-2H3,(H,22,25)(H,23,27)/t13-,14-,17-,21+/m1/s1. The van der Waals surface area contributed by atoms with Crippen molar-refractivity contribution in [1.82, 2.24) is 15.5 Å². The molecule has 0 radical (unpaired) electrons. The maximum absolute atomic E-state index is 13.1. The Balaban J connectivity index is 1.47. The number of carbonyl (C=O) groups is 3. The van der Waals surface area contributed by atoms with E-state index >= 15 is 0 Å². The number of nitrogens with zero attached hydrogens (tertiary/aromatic N) is 1. The van der Waals surface area contributed by atoms with E-state index in [0.717, 1.165) is 35.3 Å². The van der Waals surface area contributed by atoms with Crippen molar-refractivity contribution in [3.8, 4) is 0 Å². The third-order valence-corrected chi connectivity index (χ3v) is 6.78. The van der Waals surface area contributed by atoms with Crippen LogP contribution in [0.3, 0.4) is 0 Å². The van der Waals surface area contributed by atoms with Gasteiger partial charge in [-0.2, -0.15) is 0 Å². The fourth-order valence-electron chi connectivity index (χ4n) is 4.91. The molecule has 2 aliphatic carbocycles. The minimum Gasteiger partial charge on any atom is -0.352 e. The summed E-state index contributed by atoms with van der Waals surface area (Å²) in [6, 6.07) is 7.35. The summed E-state index contributed by atoms with van der Waals surface area (Å²) in [5.41, 5.74) is 0.948. The average molecular weight is 369 g/mol. The van der Waals surface area contributed by atoms with Gasteiger partial charge in [0.15, 0.2) is 0 Å². The Morgan fingerprint density at radius 2 is 2.04 bits per heavy atom. The molecule has 1 spiro atoms. The van der Waals surface area contributed by atoms with Crippen molar-refractivity contribution in [3.63, 3.8) is 0 Å². The molecule has 144 valence electrons. The number of fused-ring (bicyclic) bond motifs is 2. The molecule has 0 aromatic heterocycles. The highest BCUT2D eigenvalue weighted by Gasteiger charge is 2.55. The van der Waals surface area contributed by atoms with Crippen LogP contribution < -0.4 is 10.6 Å². The molecular weight excluding hydrogens is 342 g/mol. The Labute approximate surface area is 159 Å². The van der Waals surface area contributed by atoms with Crippen molar-refractivity contribution in [2.45, 2.75) is 57.5 Å². The third kappa shape index (κ3) is 2.91. The van der Waals surface area contributed by atoms with Crippen LogP contribution in [0.1, 0.15) is 50.7 Å². The summed E-state index contributed by atoms with van der Waals surface area (Å²) in [6.07, 6.45) is 4.53. The number of rotatable bonds is 3. The van der Waals surface area contributed by atoms with Gasteiger partial charge in [-0.25, -0.2) is 4.79 Å². The van der Waals surface area contributed by atoms with Gasteiger partial charge < -0.3 is 10.6 Å². The molecule has 0 bridgehead atoms. The maximum Gasteiger partial charge on any atom is 0.325 e. The van der Waals surface area contributed by atoms with Crippen LogP contribution in [-0.4, -0.2) is 35.3 Å². The minimum absolute atomic E-state index is 0.114. The van der Waals surface area contributed by atoms with E-state index in [-0.39, 0.29) is 24.4 Å². The molecule has 1 saturated heterocycles. The van der Waals surface area contributed by atoms with Gasteiger partial charge in [0, 0.05) is 6.04 Å². The van der Waals surface area contributed by atoms with Gasteiger partial charge in [-0.05, 0) is 42.2 Å². The zero-order valence-electron chi connectivity index (χ0n) is 16.0. The molecule has 6 heteroatoms. The quantitative estimate of drug-likeness (QED) is 0.803. The van der Waals surface area contributed by atoms with Gasteiger partial charge in [0.25, 0.3) is 5.91 Å². The van der Waals surface area contributed by atoms with Crippen LogP contribution in [0.4, 0.5) is 4.79 Å². The molecule has 1 heterocycles. The Bertz CT molecular complexity index is 793. The van der Waals surface area contributed by atoms with E-state index < -0.39 is 11.6 Å². The van der Waals surface area contributed by atoms with Crippen molar-refractivity contribution >= 4 is 17.8 Å². The van der Waals surface area contributed by atoms with Gasteiger partial charge in [-0.15, -0.1) is 0 Å². The van der Waals surface area contributed by atoms with Crippen molar-refractivity contribution in [3.05, 3.63) is 35.4 Å². The second-order valence-electron chi connectivity index (χ2n) is 8.33. The molecule has 27 heavy (non-hydrogen) atoms. The molecular formula is C21H27N3O3. The Kier molecular flexibility index (Phi) is 4.44. The molecule has 6 nitrogen and oxygen atoms in total. The molecule has 2 fully saturated rings. The molecule has 1 aromatic rings. The number of amides is 4. The van der Waals surface area contributed by atoms with Gasteiger partial charge in [-0.3, -0.25) is 14.5 Å². The lowest BCUT2D eigenvalue weighted by Crippen LogP contribution is -2.49. The highest BCUT2D eigenvalue weighted by Crippen LogP contribution is 2.41. The van der Waals surface area contributed by atoms with E-state index in [0.29, 0.717) is 18.3 Å². The highest BCUT2D eigenvalue weighted by atomic mass is 16.2. The number of nitrogens with one attached hydrogen (secondary N) is 2. The van der Waals surface area contributed by atoms with Crippen molar-refractivity contribution < 1.29 is 14.4 Å². The summed E-state index contributed by atoms with van der Waals surface area (Å²) < 4.78 is 0. The van der Waals surface area contributed by atoms with Crippen LogP contribution in [0.25, 0.3) is 0 Å². The molecule has 1 saturated carbocycles. The van der Waals surface area contributed by atoms with Crippen LogP contribution in [0.2, 0.25) is 0 Å². The van der Waals surface area contributed by atoms with Gasteiger partial charge in [0.05, 0.1) is 0 Å². The molecule has 4 atom stereocenters. The normalized spacial score (nSPS) is 32.5. The Morgan fingerprint density at radius 1 is 1.26 bits per heavy atom. The van der Waals surface area contributed by atoms with E-state index in [4.69, 9.17) is 0 Å². The zero-order valence-corrected chi connectivity index (χ0v) is 16.0. The van der Waals surface area contributed by atoms with Gasteiger partial charge >= 0.3 is 6.03 Å². The SMILES string of the molecule is C[C@@H]1[C@H](C)CCC[C@H]1NC(=O)CN1C(=O)N[C@]2(CCc3ccccc32)C1=O. The highest BCUT2D eigenvalue weighted by molar-refractivity contribution is 6.09. The van der Waals surface area contributed by atoms with E-state index in [1.54, 1.807) is 0 Å². The Morgan fingerprint density at radius 3 is 2.85 bits per heavy atom. The van der Waals surface area contributed by atoms with Crippen LogP contribution in [-0.2, 0) is 21.5 Å². The monoisotopic (exact) mass is 369 g/mol. The number of urea groups is 1. The Hall–Kier alpha value is -2.37. The summed E-state index contributed by atoms with van der Waals surface area (Å²) >= 11 is 0. The van der Waals surface area contributed by atoms with Crippen molar-refractivity contribution in [2.75, 3.05) is 6.54 Å². The molecule has 1 aliphatic heterocycles. The summed E-state index contributed by atoms with van der Waals surface area (Å²) in [7, 11) is 0. The molecule has 4 amide bonds. The van der Waals surface area contributed by atoms with Crippen molar-refractivity contribution in [1.29, 1.82) is 0 Å². The van der Waals surface area contributed by atoms with Crippen LogP contribution in [0, 0.1) is 11.8 Å². The molecule has 3 aliphatic rings. The number of aryl methyl sites for hydroxylation is 1. The van der Waals surface area contributed by atoms with E-state index in [9.17, 15) is 14.4 Å². The molecule has 2 N–H and O–H groups in total. The lowest BCUT2D eigenvalue weighted by Gasteiger charge is -2.34. The fraction of sp³-hybridized carbons (Fsp3) is 0.571. The topological polar surface area (TPSA) is 78.5 Å². The van der Waals surface area contributed by atoms with Crippen LogP contribution in [0.15, 0.2) is 24.3 Å².